The zero-order valence-electron chi connectivity index (χ0n) is 16.4. The van der Waals surface area contributed by atoms with Crippen LogP contribution in [0.4, 0.5) is 4.79 Å². The number of hydrogen-bond acceptors (Lipinski definition) is 3. The molecular formula is C23H22N2O3. The fraction of sp³-hybridized carbons (Fsp3) is 0.217. The molecule has 142 valence electrons. The maximum Gasteiger partial charge on any atom is 0.416 e. The molecule has 1 N–H and O–H groups in total. The summed E-state index contributed by atoms with van der Waals surface area (Å²) in [4.78, 5) is 16.3. The van der Waals surface area contributed by atoms with Gasteiger partial charge in [-0.3, -0.25) is 4.98 Å². The van der Waals surface area contributed by atoms with Gasteiger partial charge in [0, 0.05) is 40.0 Å². The molecule has 0 saturated heterocycles. The highest BCUT2D eigenvalue weighted by Crippen LogP contribution is 2.40. The lowest BCUT2D eigenvalue weighted by Gasteiger charge is -2.22. The van der Waals surface area contributed by atoms with Gasteiger partial charge in [0.2, 0.25) is 0 Å². The number of benzene rings is 1. The van der Waals surface area contributed by atoms with E-state index < -0.39 is 11.5 Å². The van der Waals surface area contributed by atoms with Crippen LogP contribution >= 0.6 is 0 Å². The number of hydrogen-bond donors (Lipinski definition) is 1. The summed E-state index contributed by atoms with van der Waals surface area (Å²) in [5, 5.41) is 10.7. The van der Waals surface area contributed by atoms with Crippen molar-refractivity contribution in [3.63, 3.8) is 0 Å². The summed E-state index contributed by atoms with van der Waals surface area (Å²) < 4.78 is 6.68. The molecule has 5 nitrogen and oxygen atoms in total. The van der Waals surface area contributed by atoms with Crippen LogP contribution in [-0.2, 0) is 5.41 Å². The zero-order valence-corrected chi connectivity index (χ0v) is 16.4. The van der Waals surface area contributed by atoms with Crippen LogP contribution in [0, 0.1) is 12.3 Å². The second-order valence-electron chi connectivity index (χ2n) is 7.46. The van der Waals surface area contributed by atoms with Crippen LogP contribution in [0.15, 0.2) is 42.7 Å². The molecular weight excluding hydrogens is 352 g/mol. The monoisotopic (exact) mass is 374 g/mol. The zero-order chi connectivity index (χ0) is 20.5. The molecule has 0 radical (unpaired) electrons. The van der Waals surface area contributed by atoms with Crippen molar-refractivity contribution in [2.24, 2.45) is 0 Å². The van der Waals surface area contributed by atoms with Crippen LogP contribution in [0.5, 0.6) is 5.75 Å². The average molecular weight is 374 g/mol. The van der Waals surface area contributed by atoms with E-state index in [0.717, 1.165) is 16.5 Å². The van der Waals surface area contributed by atoms with Gasteiger partial charge in [0.25, 0.3) is 0 Å². The van der Waals surface area contributed by atoms with E-state index in [1.807, 2.05) is 45.0 Å². The molecule has 0 aliphatic heterocycles. The smallest absolute Gasteiger partial charge is 0.416 e. The Hall–Kier alpha value is -3.52. The average Bonchev–Trinajstić information content (AvgIpc) is 3.01. The molecule has 0 bridgehead atoms. The normalized spacial score (nSPS) is 12.0. The molecule has 2 heterocycles. The highest BCUT2D eigenvalue weighted by molar-refractivity contribution is 6.06. The third-order valence-electron chi connectivity index (χ3n) is 4.50. The van der Waals surface area contributed by atoms with E-state index in [-0.39, 0.29) is 0 Å². The first-order valence-electron chi connectivity index (χ1n) is 8.83. The first kappa shape index (κ1) is 19.2. The molecule has 0 aliphatic rings. The number of ether oxygens (including phenoxy) is 1. The molecule has 3 aromatic rings. The highest BCUT2D eigenvalue weighted by atomic mass is 16.5. The third kappa shape index (κ3) is 3.37. The minimum absolute atomic E-state index is 0.467. The number of allylic oxidation sites excluding steroid dienone is 1. The molecule has 28 heavy (non-hydrogen) atoms. The number of nitrogens with zero attached hydrogens (tertiary/aromatic N) is 2. The van der Waals surface area contributed by atoms with Gasteiger partial charge in [-0.1, -0.05) is 32.8 Å². The Kier molecular flexibility index (Phi) is 4.98. The van der Waals surface area contributed by atoms with Gasteiger partial charge < -0.3 is 9.84 Å². The number of aromatic nitrogens is 2. The number of carbonyl (C=O) groups is 1. The predicted molar refractivity (Wildman–Crippen MR) is 112 cm³/mol. The summed E-state index contributed by atoms with van der Waals surface area (Å²) in [6, 6.07) is 9.05. The van der Waals surface area contributed by atoms with E-state index in [0.29, 0.717) is 22.5 Å². The third-order valence-corrected chi connectivity index (χ3v) is 4.50. The first-order chi connectivity index (χ1) is 13.3. The Labute approximate surface area is 164 Å². The van der Waals surface area contributed by atoms with Gasteiger partial charge in [0.05, 0.1) is 12.6 Å². The summed E-state index contributed by atoms with van der Waals surface area (Å²) in [6.45, 7) is 5.92. The van der Waals surface area contributed by atoms with E-state index in [2.05, 4.69) is 10.9 Å². The molecule has 0 spiro atoms. The van der Waals surface area contributed by atoms with Gasteiger partial charge >= 0.3 is 6.09 Å². The topological polar surface area (TPSA) is 64.4 Å². The van der Waals surface area contributed by atoms with E-state index in [1.54, 1.807) is 31.6 Å². The highest BCUT2D eigenvalue weighted by Gasteiger charge is 2.30. The van der Waals surface area contributed by atoms with Crippen LogP contribution in [0.2, 0.25) is 0 Å². The fourth-order valence-electron chi connectivity index (χ4n) is 3.39. The number of methoxy groups -OCH3 is 1. The van der Waals surface area contributed by atoms with Crippen molar-refractivity contribution in [2.75, 3.05) is 7.11 Å². The molecule has 0 unspecified atom stereocenters. The first-order valence-corrected chi connectivity index (χ1v) is 8.83. The second kappa shape index (κ2) is 7.24. The molecule has 0 saturated carbocycles. The summed E-state index contributed by atoms with van der Waals surface area (Å²) in [7, 11) is 1.58. The Morgan fingerprint density at radius 3 is 2.61 bits per heavy atom. The van der Waals surface area contributed by atoms with Crippen LogP contribution in [0.3, 0.4) is 0 Å². The summed E-state index contributed by atoms with van der Waals surface area (Å²) in [5.41, 5.74) is 2.89. The summed E-state index contributed by atoms with van der Waals surface area (Å²) >= 11 is 0. The Bertz CT molecular complexity index is 1110. The molecule has 1 aromatic carbocycles. The van der Waals surface area contributed by atoms with Gasteiger partial charge in [0.1, 0.15) is 5.75 Å². The largest absolute Gasteiger partial charge is 0.497 e. The molecule has 5 heteroatoms. The molecule has 0 atom stereocenters. The van der Waals surface area contributed by atoms with Crippen molar-refractivity contribution in [3.05, 3.63) is 59.5 Å². The number of carboxylic acid groups (broad SMARTS) is 1. The van der Waals surface area contributed by atoms with E-state index in [4.69, 9.17) is 11.2 Å². The van der Waals surface area contributed by atoms with Crippen molar-refractivity contribution in [1.82, 2.24) is 9.55 Å². The van der Waals surface area contributed by atoms with Crippen molar-refractivity contribution >= 4 is 28.6 Å². The van der Waals surface area contributed by atoms with Gasteiger partial charge in [-0.05, 0) is 35.9 Å². The number of pyridine rings is 1. The predicted octanol–water partition coefficient (Wildman–Crippen LogP) is 5.04. The van der Waals surface area contributed by atoms with Gasteiger partial charge in [-0.15, -0.1) is 6.42 Å². The lowest BCUT2D eigenvalue weighted by Crippen LogP contribution is -2.23. The lowest BCUT2D eigenvalue weighted by molar-refractivity contribution is 0.195. The summed E-state index contributed by atoms with van der Waals surface area (Å²) in [6.07, 6.45) is 10.1. The molecule has 0 fully saturated rings. The molecule has 0 aliphatic carbocycles. The maximum atomic E-state index is 12.2. The van der Waals surface area contributed by atoms with Crippen LogP contribution in [0.25, 0.3) is 22.6 Å². The standard InChI is InChI=1S/C23H22N2O3/c1-6-16(12-15-8-7-11-24-14-15)20-18-13-17(28-5)9-10-19(18)25(22(26)27)21(20)23(2,3)4/h1,7-14H,2-5H3,(H,26,27)/b16-12+. The van der Waals surface area contributed by atoms with Crippen molar-refractivity contribution in [3.8, 4) is 18.1 Å². The SMILES string of the molecule is C#C/C(=C\c1cccnc1)c1c(C(C)(C)C)n(C(=O)O)c2ccc(OC)cc12. The Morgan fingerprint density at radius 2 is 2.07 bits per heavy atom. The van der Waals surface area contributed by atoms with Crippen molar-refractivity contribution < 1.29 is 14.6 Å². The Balaban J connectivity index is 2.47. The maximum absolute atomic E-state index is 12.2. The quantitative estimate of drug-likeness (QED) is 0.652. The molecule has 3 rings (SSSR count). The second-order valence-corrected chi connectivity index (χ2v) is 7.46. The van der Waals surface area contributed by atoms with Gasteiger partial charge in [0.15, 0.2) is 0 Å². The summed E-state index contributed by atoms with van der Waals surface area (Å²) in [5.74, 6) is 3.38. The lowest BCUT2D eigenvalue weighted by atomic mass is 9.86. The van der Waals surface area contributed by atoms with Crippen molar-refractivity contribution in [2.45, 2.75) is 26.2 Å². The van der Waals surface area contributed by atoms with E-state index in [9.17, 15) is 9.90 Å². The van der Waals surface area contributed by atoms with Crippen LogP contribution in [-0.4, -0.2) is 27.9 Å². The van der Waals surface area contributed by atoms with Crippen LogP contribution < -0.4 is 4.74 Å². The molecule has 2 aromatic heterocycles. The fourth-order valence-corrected chi connectivity index (χ4v) is 3.39. The van der Waals surface area contributed by atoms with E-state index in [1.165, 1.54) is 4.57 Å². The number of terminal acetylenes is 1. The minimum atomic E-state index is -1.05. The van der Waals surface area contributed by atoms with E-state index >= 15 is 0 Å². The van der Waals surface area contributed by atoms with Crippen LogP contribution in [0.1, 0.15) is 37.6 Å². The number of rotatable bonds is 3. The minimum Gasteiger partial charge on any atom is -0.497 e. The van der Waals surface area contributed by atoms with Gasteiger partial charge in [-0.2, -0.15) is 0 Å². The van der Waals surface area contributed by atoms with Gasteiger partial charge in [-0.25, -0.2) is 9.36 Å². The number of fused-ring (bicyclic) bond motifs is 1. The Morgan fingerprint density at radius 1 is 1.32 bits per heavy atom. The molecule has 0 amide bonds. The van der Waals surface area contributed by atoms with Crippen molar-refractivity contribution in [1.29, 1.82) is 0 Å².